The fourth-order valence-corrected chi connectivity index (χ4v) is 7.21. The van der Waals surface area contributed by atoms with Crippen LogP contribution in [-0.2, 0) is 22.6 Å². The van der Waals surface area contributed by atoms with E-state index in [1.807, 2.05) is 51.1 Å². The van der Waals surface area contributed by atoms with Crippen LogP contribution in [0.4, 0.5) is 0 Å². The third-order valence-electron chi connectivity index (χ3n) is 4.47. The van der Waals surface area contributed by atoms with Crippen LogP contribution in [0.3, 0.4) is 0 Å². The number of hydrogen-bond acceptors (Lipinski definition) is 5. The van der Waals surface area contributed by atoms with Crippen molar-refractivity contribution in [2.24, 2.45) is 5.89 Å². The van der Waals surface area contributed by atoms with Gasteiger partial charge in [-0.2, -0.15) is 0 Å². The van der Waals surface area contributed by atoms with Crippen LogP contribution >= 0.6 is 23.5 Å². The third kappa shape index (κ3) is 3.97. The molecule has 3 atom stereocenters. The van der Waals surface area contributed by atoms with Gasteiger partial charge in [0.1, 0.15) is 4.75 Å². The molecule has 1 fully saturated rings. The van der Waals surface area contributed by atoms with Crippen molar-refractivity contribution in [3.05, 3.63) is 41.5 Å². The number of fused-ring (bicyclic) bond motifs is 1. The van der Waals surface area contributed by atoms with Gasteiger partial charge in [0.25, 0.3) is 0 Å². The van der Waals surface area contributed by atoms with Crippen LogP contribution in [0.5, 0.6) is 0 Å². The Bertz CT molecular complexity index is 746. The van der Waals surface area contributed by atoms with E-state index >= 15 is 0 Å². The van der Waals surface area contributed by atoms with Gasteiger partial charge in [0, 0.05) is 30.1 Å². The standard InChI is InChI=1S/C19H25NO3S3/c1-18(2,3)26(23)20-16(19(17(21)22)24-10-11-25-19)15-9-8-13-6-4-5-7-14(13)12-15/h4-9,15-16,20H,10-12H2,1-3H3,(H,21,22)/t15?,16-,26-/m0/s1/i15D. The maximum absolute atomic E-state index is 12.9. The van der Waals surface area contributed by atoms with Gasteiger partial charge < -0.3 is 9.66 Å². The first kappa shape index (κ1) is 18.7. The lowest BCUT2D eigenvalue weighted by atomic mass is 9.84. The summed E-state index contributed by atoms with van der Waals surface area (Å²) >= 11 is 1.20. The summed E-state index contributed by atoms with van der Waals surface area (Å²) in [6.45, 7) is 5.54. The number of hydrogen-bond donors (Lipinski definition) is 2. The Morgan fingerprint density at radius 1 is 1.42 bits per heavy atom. The van der Waals surface area contributed by atoms with E-state index < -0.39 is 38.1 Å². The van der Waals surface area contributed by atoms with Crippen molar-refractivity contribution in [3.63, 3.8) is 0 Å². The highest BCUT2D eigenvalue weighted by Gasteiger charge is 2.55. The molecule has 1 aliphatic carbocycles. The number of nitrogens with one attached hydrogen (secondary N) is 1. The Balaban J connectivity index is 2.03. The van der Waals surface area contributed by atoms with Crippen molar-refractivity contribution in [2.45, 2.75) is 42.1 Å². The lowest BCUT2D eigenvalue weighted by molar-refractivity contribution is -0.138. The number of aliphatic carboxylic acids is 1. The summed E-state index contributed by atoms with van der Waals surface area (Å²) in [5.74, 6) is -0.767. The largest absolute Gasteiger partial charge is 0.598 e. The molecule has 1 heterocycles. The maximum atomic E-state index is 12.9. The Morgan fingerprint density at radius 3 is 2.69 bits per heavy atom. The van der Waals surface area contributed by atoms with Gasteiger partial charge in [-0.1, -0.05) is 36.4 Å². The third-order valence-corrected chi connectivity index (χ3v) is 9.50. The van der Waals surface area contributed by atoms with Crippen LogP contribution in [0, 0.1) is 5.89 Å². The lowest BCUT2D eigenvalue weighted by Crippen LogP contribution is -2.58. The van der Waals surface area contributed by atoms with E-state index in [0.717, 1.165) is 11.1 Å². The minimum Gasteiger partial charge on any atom is -0.598 e. The summed E-state index contributed by atoms with van der Waals surface area (Å²) in [6.07, 6.45) is 4.05. The molecule has 1 saturated heterocycles. The van der Waals surface area contributed by atoms with Crippen LogP contribution in [0.2, 0.25) is 0 Å². The number of thioether (sulfide) groups is 2. The monoisotopic (exact) mass is 412 g/mol. The van der Waals surface area contributed by atoms with Gasteiger partial charge in [0.15, 0.2) is 4.08 Å². The molecule has 0 saturated carbocycles. The zero-order valence-corrected chi connectivity index (χ0v) is 17.6. The van der Waals surface area contributed by atoms with Gasteiger partial charge in [-0.05, 0) is 38.3 Å². The summed E-state index contributed by atoms with van der Waals surface area (Å²) in [5, 5.41) is 10.1. The molecule has 4 nitrogen and oxygen atoms in total. The highest BCUT2D eigenvalue weighted by atomic mass is 32.2. The number of carboxylic acid groups (broad SMARTS) is 1. The van der Waals surface area contributed by atoms with Crippen LogP contribution in [0.25, 0.3) is 6.08 Å². The molecule has 142 valence electrons. The first-order chi connectivity index (χ1) is 12.6. The molecule has 0 amide bonds. The van der Waals surface area contributed by atoms with Crippen LogP contribution < -0.4 is 4.72 Å². The number of benzene rings is 1. The average molecular weight is 413 g/mol. The van der Waals surface area contributed by atoms with Crippen molar-refractivity contribution in [2.75, 3.05) is 11.5 Å². The molecule has 0 bridgehead atoms. The lowest BCUT2D eigenvalue weighted by Gasteiger charge is -2.39. The zero-order valence-electron chi connectivity index (χ0n) is 16.2. The highest BCUT2D eigenvalue weighted by Crippen LogP contribution is 2.50. The SMILES string of the molecule is [2H]C1([C@H](N[S@@+]([O-])C(C)(C)C)C2(C(=O)O)SCCS2)C=Cc2ccccc2C1. The Kier molecular flexibility index (Phi) is 5.62. The minimum atomic E-state index is -1.49. The van der Waals surface area contributed by atoms with E-state index in [9.17, 15) is 15.8 Å². The van der Waals surface area contributed by atoms with Gasteiger partial charge in [-0.25, -0.2) is 4.79 Å². The summed E-state index contributed by atoms with van der Waals surface area (Å²) < 4.78 is 23.4. The molecular weight excluding hydrogens is 386 g/mol. The van der Waals surface area contributed by atoms with E-state index in [-0.39, 0.29) is 0 Å². The van der Waals surface area contributed by atoms with E-state index in [1.165, 1.54) is 23.5 Å². The molecule has 1 aromatic rings. The molecule has 0 spiro atoms. The highest BCUT2D eigenvalue weighted by molar-refractivity contribution is 8.22. The predicted octanol–water partition coefficient (Wildman–Crippen LogP) is 3.55. The molecule has 2 aliphatic rings. The second kappa shape index (κ2) is 7.80. The van der Waals surface area contributed by atoms with Gasteiger partial charge in [0.05, 0.1) is 6.04 Å². The summed E-state index contributed by atoms with van der Waals surface area (Å²) in [6, 6.07) is 7.05. The molecule has 7 heteroatoms. The Morgan fingerprint density at radius 2 is 2.08 bits per heavy atom. The van der Waals surface area contributed by atoms with Crippen LogP contribution in [0.1, 0.15) is 33.3 Å². The quantitative estimate of drug-likeness (QED) is 0.721. The van der Waals surface area contributed by atoms with Crippen molar-refractivity contribution < 1.29 is 15.8 Å². The van der Waals surface area contributed by atoms with E-state index in [0.29, 0.717) is 17.9 Å². The van der Waals surface area contributed by atoms with Crippen LogP contribution in [0.15, 0.2) is 30.3 Å². The molecule has 1 aliphatic heterocycles. The summed E-state index contributed by atoms with van der Waals surface area (Å²) in [7, 11) is 0. The van der Waals surface area contributed by atoms with Gasteiger partial charge >= 0.3 is 5.97 Å². The second-order valence-electron chi connectivity index (χ2n) is 7.39. The van der Waals surface area contributed by atoms with Gasteiger partial charge in [0.2, 0.25) is 0 Å². The summed E-state index contributed by atoms with van der Waals surface area (Å²) in [4.78, 5) is 12.3. The molecule has 1 unspecified atom stereocenters. The molecule has 0 aromatic heterocycles. The molecule has 2 N–H and O–H groups in total. The molecule has 26 heavy (non-hydrogen) atoms. The average Bonchev–Trinajstić information content (AvgIpc) is 3.09. The fraction of sp³-hybridized carbons (Fsp3) is 0.526. The summed E-state index contributed by atoms with van der Waals surface area (Å²) in [5.41, 5.74) is 2.06. The fourth-order valence-electron chi connectivity index (χ4n) is 3.05. The normalized spacial score (nSPS) is 27.5. The number of rotatable bonds is 5. The second-order valence-corrected chi connectivity index (χ2v) is 12.3. The van der Waals surface area contributed by atoms with Crippen molar-refractivity contribution in [3.8, 4) is 0 Å². The topological polar surface area (TPSA) is 72.4 Å². The molecule has 1 aromatic carbocycles. The Labute approximate surface area is 168 Å². The molecular formula is C19H25NO3S3. The van der Waals surface area contributed by atoms with Gasteiger partial charge in [-0.3, -0.25) is 0 Å². The smallest absolute Gasteiger partial charge is 0.331 e. The van der Waals surface area contributed by atoms with Crippen LogP contribution in [-0.4, -0.2) is 42.0 Å². The molecule has 0 radical (unpaired) electrons. The minimum absolute atomic E-state index is 0.384. The van der Waals surface area contributed by atoms with E-state index in [1.54, 1.807) is 6.08 Å². The zero-order chi connectivity index (χ0) is 19.9. The van der Waals surface area contributed by atoms with Crippen molar-refractivity contribution >= 4 is 46.9 Å². The maximum Gasteiger partial charge on any atom is 0.331 e. The first-order valence-corrected chi connectivity index (χ1v) is 11.7. The predicted molar refractivity (Wildman–Crippen MR) is 113 cm³/mol. The Hall–Kier alpha value is -0.600. The van der Waals surface area contributed by atoms with Crippen molar-refractivity contribution in [1.29, 1.82) is 0 Å². The first-order valence-electron chi connectivity index (χ1n) is 9.05. The number of carboxylic acids is 1. The van der Waals surface area contributed by atoms with E-state index in [2.05, 4.69) is 4.72 Å². The molecule has 3 rings (SSSR count). The van der Waals surface area contributed by atoms with E-state index in [4.69, 9.17) is 0 Å². The van der Waals surface area contributed by atoms with Gasteiger partial charge in [-0.15, -0.1) is 28.2 Å². The van der Waals surface area contributed by atoms with Crippen molar-refractivity contribution in [1.82, 2.24) is 4.72 Å². The number of carbonyl (C=O) groups is 1.